The lowest BCUT2D eigenvalue weighted by Gasteiger charge is -2.35. The minimum Gasteiger partial charge on any atom is -0.338 e. The number of piperidine rings is 1. The summed E-state index contributed by atoms with van der Waals surface area (Å²) < 4.78 is 15.7. The summed E-state index contributed by atoms with van der Waals surface area (Å²) in [6.45, 7) is 2.79. The van der Waals surface area contributed by atoms with E-state index in [-0.39, 0.29) is 35.5 Å². The van der Waals surface area contributed by atoms with Gasteiger partial charge in [-0.3, -0.25) is 19.5 Å². The molecular weight excluding hydrogens is 413 g/mol. The van der Waals surface area contributed by atoms with Gasteiger partial charge in [-0.05, 0) is 31.4 Å². The molecule has 1 fully saturated rings. The van der Waals surface area contributed by atoms with Crippen LogP contribution in [-0.2, 0) is 17.8 Å². The monoisotopic (exact) mass is 437 g/mol. The molecule has 1 aromatic carbocycles. The average molecular weight is 437 g/mol. The van der Waals surface area contributed by atoms with E-state index in [1.54, 1.807) is 28.0 Å². The molecule has 0 saturated carbocycles. The Morgan fingerprint density at radius 1 is 1.19 bits per heavy atom. The number of hydrogen-bond donors (Lipinski definition) is 1. The molecule has 9 heteroatoms. The number of halogens is 1. The van der Waals surface area contributed by atoms with E-state index in [0.717, 1.165) is 12.8 Å². The van der Waals surface area contributed by atoms with Gasteiger partial charge >= 0.3 is 0 Å². The molecule has 0 spiro atoms. The average Bonchev–Trinajstić information content (AvgIpc) is 3.23. The minimum atomic E-state index is -0.543. The van der Waals surface area contributed by atoms with Gasteiger partial charge in [-0.1, -0.05) is 12.1 Å². The first-order valence-electron chi connectivity index (χ1n) is 10.9. The fraction of sp³-hybridized carbons (Fsp3) is 0.391. The van der Waals surface area contributed by atoms with Crippen molar-refractivity contribution in [3.63, 3.8) is 0 Å². The first-order valence-corrected chi connectivity index (χ1v) is 10.9. The van der Waals surface area contributed by atoms with E-state index < -0.39 is 5.82 Å². The second-order valence-electron chi connectivity index (χ2n) is 8.43. The molecule has 0 unspecified atom stereocenters. The lowest BCUT2D eigenvalue weighted by molar-refractivity contribution is -0.129. The van der Waals surface area contributed by atoms with Gasteiger partial charge in [0.1, 0.15) is 5.82 Å². The second kappa shape index (κ2) is 7.89. The number of nitrogens with zero attached hydrogens (tertiary/aromatic N) is 4. The number of benzene rings is 1. The summed E-state index contributed by atoms with van der Waals surface area (Å²) in [6.07, 6.45) is 3.00. The molecule has 0 aliphatic carbocycles. The number of hydrogen-bond acceptors (Lipinski definition) is 4. The van der Waals surface area contributed by atoms with Crippen molar-refractivity contribution in [1.29, 1.82) is 0 Å². The molecular formula is C23H24FN5O3. The predicted molar refractivity (Wildman–Crippen MR) is 115 cm³/mol. The van der Waals surface area contributed by atoms with Crippen LogP contribution in [0.1, 0.15) is 59.5 Å². The number of amides is 2. The van der Waals surface area contributed by atoms with Gasteiger partial charge in [-0.25, -0.2) is 13.9 Å². The van der Waals surface area contributed by atoms with Gasteiger partial charge in [0.05, 0.1) is 35.1 Å². The molecule has 0 bridgehead atoms. The van der Waals surface area contributed by atoms with Gasteiger partial charge in [0.25, 0.3) is 11.5 Å². The fourth-order valence-corrected chi connectivity index (χ4v) is 4.73. The number of aromatic nitrogens is 3. The second-order valence-corrected chi connectivity index (χ2v) is 8.43. The van der Waals surface area contributed by atoms with E-state index in [4.69, 9.17) is 0 Å². The number of carbonyl (C=O) groups is 2. The maximum atomic E-state index is 14.3. The van der Waals surface area contributed by atoms with E-state index in [1.807, 2.05) is 0 Å². The Hall–Kier alpha value is -3.49. The van der Waals surface area contributed by atoms with Crippen LogP contribution in [0, 0.1) is 5.82 Å². The van der Waals surface area contributed by atoms with Gasteiger partial charge in [0.15, 0.2) is 5.65 Å². The highest BCUT2D eigenvalue weighted by Gasteiger charge is 2.32. The van der Waals surface area contributed by atoms with Crippen molar-refractivity contribution in [2.45, 2.75) is 45.2 Å². The minimum absolute atomic E-state index is 0.0468. The SMILES string of the molecule is CC(=O)N1CCc2nc3cc([C@@H]4CCCCN4C(=O)c4ccccc4F)[nH]n3c(=O)c2C1. The van der Waals surface area contributed by atoms with Crippen molar-refractivity contribution < 1.29 is 14.0 Å². The Balaban J connectivity index is 1.53. The third-order valence-corrected chi connectivity index (χ3v) is 6.45. The summed E-state index contributed by atoms with van der Waals surface area (Å²) in [4.78, 5) is 46.0. The molecule has 1 atom stereocenters. The first kappa shape index (κ1) is 20.4. The van der Waals surface area contributed by atoms with Crippen LogP contribution in [0.4, 0.5) is 4.39 Å². The lowest BCUT2D eigenvalue weighted by atomic mass is 9.98. The van der Waals surface area contributed by atoms with Crippen molar-refractivity contribution in [1.82, 2.24) is 24.4 Å². The van der Waals surface area contributed by atoms with Crippen molar-refractivity contribution >= 4 is 17.5 Å². The van der Waals surface area contributed by atoms with Crippen molar-refractivity contribution in [2.75, 3.05) is 13.1 Å². The summed E-state index contributed by atoms with van der Waals surface area (Å²) in [6, 6.07) is 7.49. The Morgan fingerprint density at radius 2 is 2.00 bits per heavy atom. The van der Waals surface area contributed by atoms with E-state index >= 15 is 0 Å². The predicted octanol–water partition coefficient (Wildman–Crippen LogP) is 2.43. The molecule has 2 aliphatic heterocycles. The van der Waals surface area contributed by atoms with E-state index in [0.29, 0.717) is 48.5 Å². The number of aromatic amines is 1. The van der Waals surface area contributed by atoms with Crippen LogP contribution in [0.2, 0.25) is 0 Å². The van der Waals surface area contributed by atoms with Gasteiger partial charge in [-0.2, -0.15) is 0 Å². The van der Waals surface area contributed by atoms with Crippen molar-refractivity contribution in [2.24, 2.45) is 0 Å². The quantitative estimate of drug-likeness (QED) is 0.667. The van der Waals surface area contributed by atoms with Crippen LogP contribution in [-0.4, -0.2) is 49.3 Å². The molecule has 1 saturated heterocycles. The number of rotatable bonds is 2. The summed E-state index contributed by atoms with van der Waals surface area (Å²) in [5, 5.41) is 3.13. The maximum Gasteiger partial charge on any atom is 0.277 e. The summed E-state index contributed by atoms with van der Waals surface area (Å²) in [5.74, 6) is -0.973. The fourth-order valence-electron chi connectivity index (χ4n) is 4.73. The number of likely N-dealkylation sites (tertiary alicyclic amines) is 1. The summed E-state index contributed by atoms with van der Waals surface area (Å²) in [5.41, 5.74) is 2.23. The zero-order valence-corrected chi connectivity index (χ0v) is 17.8. The number of H-pyrrole nitrogens is 1. The summed E-state index contributed by atoms with van der Waals surface area (Å²) in [7, 11) is 0. The topological polar surface area (TPSA) is 90.8 Å². The highest BCUT2D eigenvalue weighted by atomic mass is 19.1. The third-order valence-electron chi connectivity index (χ3n) is 6.45. The normalized spacial score (nSPS) is 18.6. The molecule has 32 heavy (non-hydrogen) atoms. The Labute approximate surface area is 183 Å². The maximum absolute atomic E-state index is 14.3. The van der Waals surface area contributed by atoms with E-state index in [2.05, 4.69) is 10.1 Å². The first-order chi connectivity index (χ1) is 15.4. The Morgan fingerprint density at radius 3 is 2.78 bits per heavy atom. The van der Waals surface area contributed by atoms with Gasteiger partial charge in [-0.15, -0.1) is 0 Å². The van der Waals surface area contributed by atoms with Gasteiger partial charge in [0.2, 0.25) is 5.91 Å². The molecule has 2 aromatic heterocycles. The van der Waals surface area contributed by atoms with Gasteiger partial charge in [0, 0.05) is 32.5 Å². The smallest absolute Gasteiger partial charge is 0.277 e. The molecule has 2 amide bonds. The Bertz CT molecular complexity index is 1280. The van der Waals surface area contributed by atoms with Crippen LogP contribution in [0.25, 0.3) is 5.65 Å². The molecule has 1 N–H and O–H groups in total. The number of carbonyl (C=O) groups excluding carboxylic acids is 2. The molecule has 5 rings (SSSR count). The highest BCUT2D eigenvalue weighted by molar-refractivity contribution is 5.94. The third kappa shape index (κ3) is 3.37. The molecule has 4 heterocycles. The van der Waals surface area contributed by atoms with Crippen LogP contribution in [0.15, 0.2) is 35.1 Å². The van der Waals surface area contributed by atoms with Crippen LogP contribution in [0.3, 0.4) is 0 Å². The standard InChI is InChI=1S/C23H24FN5O3/c1-14(30)27-11-9-18-16(13-27)23(32)29-21(25-18)12-19(26-29)20-8-4-5-10-28(20)22(31)15-6-2-3-7-17(15)24/h2-3,6-7,12,20,26H,4-5,8-11,13H2,1H3/t20-/m0/s1. The zero-order chi connectivity index (χ0) is 22.4. The molecule has 0 radical (unpaired) electrons. The largest absolute Gasteiger partial charge is 0.338 e. The lowest BCUT2D eigenvalue weighted by Crippen LogP contribution is -2.39. The van der Waals surface area contributed by atoms with Gasteiger partial charge < -0.3 is 9.80 Å². The number of fused-ring (bicyclic) bond motifs is 2. The highest BCUT2D eigenvalue weighted by Crippen LogP contribution is 2.32. The zero-order valence-electron chi connectivity index (χ0n) is 17.8. The molecule has 3 aromatic rings. The summed E-state index contributed by atoms with van der Waals surface area (Å²) >= 11 is 0. The van der Waals surface area contributed by atoms with Crippen LogP contribution < -0.4 is 5.56 Å². The Kier molecular flexibility index (Phi) is 5.03. The van der Waals surface area contributed by atoms with Crippen molar-refractivity contribution in [3.8, 4) is 0 Å². The van der Waals surface area contributed by atoms with Crippen LogP contribution >= 0.6 is 0 Å². The molecule has 2 aliphatic rings. The van der Waals surface area contributed by atoms with Crippen LogP contribution in [0.5, 0.6) is 0 Å². The molecule has 8 nitrogen and oxygen atoms in total. The van der Waals surface area contributed by atoms with Crippen molar-refractivity contribution in [3.05, 3.63) is 69.0 Å². The van der Waals surface area contributed by atoms with E-state index in [1.165, 1.54) is 23.6 Å². The van der Waals surface area contributed by atoms with E-state index in [9.17, 15) is 18.8 Å². The number of nitrogens with one attached hydrogen (secondary N) is 1. The molecule has 166 valence electrons.